The smallest absolute Gasteiger partial charge is 0.242 e. The van der Waals surface area contributed by atoms with E-state index in [-0.39, 0.29) is 53.6 Å². The maximum atomic E-state index is 12.9. The molecule has 11 heteroatoms. The lowest BCUT2D eigenvalue weighted by molar-refractivity contribution is -0.138. The van der Waals surface area contributed by atoms with Gasteiger partial charge in [0.15, 0.2) is 0 Å². The van der Waals surface area contributed by atoms with Crippen LogP contribution in [0.15, 0.2) is 0 Å². The quantitative estimate of drug-likeness (QED) is 0.101. The van der Waals surface area contributed by atoms with E-state index in [2.05, 4.69) is 36.7 Å². The number of carbonyl (C=O) groups is 4. The van der Waals surface area contributed by atoms with Crippen LogP contribution in [0.25, 0.3) is 0 Å². The number of amides is 4. The van der Waals surface area contributed by atoms with Gasteiger partial charge in [0, 0.05) is 46.6 Å². The fourth-order valence-corrected chi connectivity index (χ4v) is 5.79. The van der Waals surface area contributed by atoms with E-state index in [4.69, 9.17) is 4.74 Å². The van der Waals surface area contributed by atoms with E-state index in [0.717, 1.165) is 31.6 Å². The number of unbranched alkanes of at least 4 members (excludes halogenated alkanes) is 3. The maximum Gasteiger partial charge on any atom is 0.242 e. The van der Waals surface area contributed by atoms with Crippen molar-refractivity contribution >= 4 is 35.4 Å². The molecule has 1 heterocycles. The summed E-state index contributed by atoms with van der Waals surface area (Å²) in [5.41, 5.74) is 0. The summed E-state index contributed by atoms with van der Waals surface area (Å²) in [6.45, 7) is 12.9. The van der Waals surface area contributed by atoms with Crippen LogP contribution in [0.2, 0.25) is 0 Å². The van der Waals surface area contributed by atoms with Gasteiger partial charge in [0.2, 0.25) is 23.6 Å². The predicted octanol–water partition coefficient (Wildman–Crippen LogP) is 2.61. The van der Waals surface area contributed by atoms with Gasteiger partial charge in [-0.3, -0.25) is 29.4 Å². The van der Waals surface area contributed by atoms with Crippen molar-refractivity contribution in [1.29, 1.82) is 0 Å². The molecule has 0 saturated carbocycles. The minimum atomic E-state index is -0.272. The average molecular weight is 586 g/mol. The Bertz CT molecular complexity index is 782. The van der Waals surface area contributed by atoms with E-state index in [1.54, 1.807) is 30.8 Å². The molecule has 0 spiro atoms. The number of thioether (sulfide) groups is 1. The molecule has 10 nitrogen and oxygen atoms in total. The summed E-state index contributed by atoms with van der Waals surface area (Å²) in [5.74, 6) is 1.29. The summed E-state index contributed by atoms with van der Waals surface area (Å²) < 4.78 is 5.45. The molecule has 0 aromatic heterocycles. The molecule has 3 atom stereocenters. The van der Waals surface area contributed by atoms with Crippen LogP contribution in [0, 0.1) is 11.8 Å². The highest BCUT2D eigenvalue weighted by molar-refractivity contribution is 8.00. The van der Waals surface area contributed by atoms with Gasteiger partial charge in [-0.05, 0) is 43.4 Å². The molecule has 1 fully saturated rings. The van der Waals surface area contributed by atoms with Gasteiger partial charge in [-0.1, -0.05) is 47.5 Å². The summed E-state index contributed by atoms with van der Waals surface area (Å²) in [6.07, 6.45) is 4.58. The second-order valence-corrected chi connectivity index (χ2v) is 12.7. The SMILES string of the molecule is CCCCSC1CC(=O)N(CCCCCC(=O)N(C)C(NCC(=O)NCC(CNCC(C)C)OC)C(C)C)C1=O. The molecular formula is C29H55N5O5S. The second-order valence-electron chi connectivity index (χ2n) is 11.4. The summed E-state index contributed by atoms with van der Waals surface area (Å²) in [6, 6.07) is 0. The largest absolute Gasteiger partial charge is 0.378 e. The average Bonchev–Trinajstić information content (AvgIpc) is 3.17. The number of hydrogen-bond acceptors (Lipinski definition) is 8. The zero-order valence-electron chi connectivity index (χ0n) is 25.9. The third-order valence-corrected chi connectivity index (χ3v) is 8.29. The molecule has 1 saturated heterocycles. The summed E-state index contributed by atoms with van der Waals surface area (Å²) >= 11 is 1.59. The lowest BCUT2D eigenvalue weighted by Gasteiger charge is -2.32. The Morgan fingerprint density at radius 3 is 2.42 bits per heavy atom. The van der Waals surface area contributed by atoms with Crippen LogP contribution in [-0.2, 0) is 23.9 Å². The normalized spacial score (nSPS) is 17.1. The maximum absolute atomic E-state index is 12.9. The Labute approximate surface area is 246 Å². The Morgan fingerprint density at radius 2 is 1.80 bits per heavy atom. The van der Waals surface area contributed by atoms with Crippen molar-refractivity contribution in [3.8, 4) is 0 Å². The van der Waals surface area contributed by atoms with Gasteiger partial charge in [-0.2, -0.15) is 0 Å². The van der Waals surface area contributed by atoms with Crippen molar-refractivity contribution in [3.05, 3.63) is 0 Å². The number of nitrogens with zero attached hydrogens (tertiary/aromatic N) is 2. The molecule has 1 aliphatic heterocycles. The summed E-state index contributed by atoms with van der Waals surface area (Å²) in [7, 11) is 3.40. The Hall–Kier alpha value is -1.69. The third kappa shape index (κ3) is 13.8. The van der Waals surface area contributed by atoms with E-state index >= 15 is 0 Å². The molecule has 1 aliphatic rings. The molecular weight excluding hydrogens is 530 g/mol. The molecule has 3 N–H and O–H groups in total. The molecule has 0 radical (unpaired) electrons. The van der Waals surface area contributed by atoms with E-state index < -0.39 is 0 Å². The molecule has 232 valence electrons. The van der Waals surface area contributed by atoms with Gasteiger partial charge in [0.1, 0.15) is 0 Å². The van der Waals surface area contributed by atoms with Crippen molar-refractivity contribution < 1.29 is 23.9 Å². The zero-order chi connectivity index (χ0) is 30.1. The highest BCUT2D eigenvalue weighted by Gasteiger charge is 2.38. The Kier molecular flexibility index (Phi) is 18.4. The lowest BCUT2D eigenvalue weighted by atomic mass is 10.1. The number of hydrogen-bond donors (Lipinski definition) is 3. The molecule has 40 heavy (non-hydrogen) atoms. The number of carbonyl (C=O) groups excluding carboxylic acids is 4. The molecule has 1 rings (SSSR count). The van der Waals surface area contributed by atoms with E-state index in [1.165, 1.54) is 4.90 Å². The van der Waals surface area contributed by atoms with Crippen molar-refractivity contribution in [1.82, 2.24) is 25.8 Å². The third-order valence-electron chi connectivity index (χ3n) is 6.99. The van der Waals surface area contributed by atoms with Crippen molar-refractivity contribution in [3.63, 3.8) is 0 Å². The monoisotopic (exact) mass is 585 g/mol. The minimum Gasteiger partial charge on any atom is -0.378 e. The number of methoxy groups -OCH3 is 1. The van der Waals surface area contributed by atoms with Crippen LogP contribution in [0.3, 0.4) is 0 Å². The van der Waals surface area contributed by atoms with Crippen molar-refractivity contribution in [2.75, 3.05) is 52.6 Å². The zero-order valence-corrected chi connectivity index (χ0v) is 26.7. The molecule has 4 amide bonds. The standard InChI is InChI=1S/C29H55N5O5S/c1-8-9-15-40-24-16-27(37)34(29(24)38)14-12-10-11-13-26(36)33(6)28(22(4)5)32-20-25(35)31-19-23(39-7)18-30-17-21(2)3/h21-24,28,30,32H,8-20H2,1-7H3,(H,31,35). The number of ether oxygens (including phenoxy) is 1. The summed E-state index contributed by atoms with van der Waals surface area (Å²) in [4.78, 5) is 53.2. The van der Waals surface area contributed by atoms with Gasteiger partial charge < -0.3 is 20.3 Å². The molecule has 3 unspecified atom stereocenters. The second kappa shape index (κ2) is 20.2. The van der Waals surface area contributed by atoms with E-state index in [1.807, 2.05) is 13.8 Å². The number of rotatable bonds is 22. The molecule has 0 aliphatic carbocycles. The lowest BCUT2D eigenvalue weighted by Crippen LogP contribution is -2.52. The van der Waals surface area contributed by atoms with Gasteiger partial charge in [0.25, 0.3) is 0 Å². The number of imide groups is 1. The van der Waals surface area contributed by atoms with E-state index in [9.17, 15) is 19.2 Å². The number of nitrogens with one attached hydrogen (secondary N) is 3. The Morgan fingerprint density at radius 1 is 1.07 bits per heavy atom. The number of likely N-dealkylation sites (tertiary alicyclic amines) is 1. The fourth-order valence-electron chi connectivity index (χ4n) is 4.52. The first-order chi connectivity index (χ1) is 19.0. The van der Waals surface area contributed by atoms with Crippen molar-refractivity contribution in [2.45, 2.75) is 97.1 Å². The highest BCUT2D eigenvalue weighted by Crippen LogP contribution is 2.26. The first-order valence-electron chi connectivity index (χ1n) is 15.0. The van der Waals surface area contributed by atoms with Crippen LogP contribution >= 0.6 is 11.8 Å². The van der Waals surface area contributed by atoms with Gasteiger partial charge in [0.05, 0.1) is 24.1 Å². The van der Waals surface area contributed by atoms with Crippen LogP contribution in [0.4, 0.5) is 0 Å². The van der Waals surface area contributed by atoms with Crippen molar-refractivity contribution in [2.24, 2.45) is 11.8 Å². The minimum absolute atomic E-state index is 0.00277. The summed E-state index contributed by atoms with van der Waals surface area (Å²) in [5, 5.41) is 9.23. The van der Waals surface area contributed by atoms with Crippen LogP contribution < -0.4 is 16.0 Å². The molecule has 0 aromatic rings. The molecule has 0 bridgehead atoms. The van der Waals surface area contributed by atoms with Gasteiger partial charge in [-0.15, -0.1) is 11.8 Å². The van der Waals surface area contributed by atoms with Gasteiger partial charge in [-0.25, -0.2) is 0 Å². The van der Waals surface area contributed by atoms with Gasteiger partial charge >= 0.3 is 0 Å². The first kappa shape index (κ1) is 36.3. The van der Waals surface area contributed by atoms with Crippen LogP contribution in [0.5, 0.6) is 0 Å². The molecule has 0 aromatic carbocycles. The van der Waals surface area contributed by atoms with Crippen LogP contribution in [0.1, 0.15) is 79.6 Å². The highest BCUT2D eigenvalue weighted by atomic mass is 32.2. The fraction of sp³-hybridized carbons (Fsp3) is 0.862. The topological polar surface area (TPSA) is 120 Å². The van der Waals surface area contributed by atoms with E-state index in [0.29, 0.717) is 51.2 Å². The van der Waals surface area contributed by atoms with Crippen LogP contribution in [-0.4, -0.2) is 104 Å². The Balaban J connectivity index is 2.36. The predicted molar refractivity (Wildman–Crippen MR) is 162 cm³/mol. The first-order valence-corrected chi connectivity index (χ1v) is 16.0.